The second-order valence-corrected chi connectivity index (χ2v) is 7.86. The number of likely N-dealkylation sites (tertiary alicyclic amines) is 1. The summed E-state index contributed by atoms with van der Waals surface area (Å²) in [6.07, 6.45) is 7.56. The lowest BCUT2D eigenvalue weighted by molar-refractivity contribution is -0.144. The zero-order chi connectivity index (χ0) is 15.0. The van der Waals surface area contributed by atoms with Crippen LogP contribution in [0.4, 0.5) is 0 Å². The van der Waals surface area contributed by atoms with Crippen LogP contribution in [0.25, 0.3) is 0 Å². The number of hydrogen-bond acceptors (Lipinski definition) is 3. The highest BCUT2D eigenvalue weighted by Crippen LogP contribution is 2.43. The zero-order valence-corrected chi connectivity index (χ0v) is 13.6. The molecule has 1 amide bonds. The average Bonchev–Trinajstić information content (AvgIpc) is 3.01. The summed E-state index contributed by atoms with van der Waals surface area (Å²) >= 11 is 0. The Bertz CT molecular complexity index is 390. The molecular formula is C17H30N2O2. The van der Waals surface area contributed by atoms with Crippen molar-refractivity contribution >= 4 is 5.91 Å². The van der Waals surface area contributed by atoms with Gasteiger partial charge in [-0.1, -0.05) is 19.3 Å². The predicted octanol–water partition coefficient (Wildman–Crippen LogP) is 1.73. The molecule has 0 aromatic rings. The molecule has 120 valence electrons. The molecule has 4 nitrogen and oxygen atoms in total. The fourth-order valence-electron chi connectivity index (χ4n) is 5.01. The van der Waals surface area contributed by atoms with E-state index < -0.39 is 0 Å². The van der Waals surface area contributed by atoms with Gasteiger partial charge in [-0.15, -0.1) is 0 Å². The molecule has 0 bridgehead atoms. The smallest absolute Gasteiger partial charge is 0.230 e. The van der Waals surface area contributed by atoms with Crippen molar-refractivity contribution < 1.29 is 9.90 Å². The van der Waals surface area contributed by atoms with Crippen molar-refractivity contribution in [3.63, 3.8) is 0 Å². The van der Waals surface area contributed by atoms with Crippen LogP contribution in [0.1, 0.15) is 44.9 Å². The van der Waals surface area contributed by atoms with Gasteiger partial charge in [0, 0.05) is 25.6 Å². The maximum Gasteiger partial charge on any atom is 0.230 e. The normalized spacial score (nSPS) is 35.2. The lowest BCUT2D eigenvalue weighted by Gasteiger charge is -2.40. The van der Waals surface area contributed by atoms with Crippen molar-refractivity contribution in [2.24, 2.45) is 17.3 Å². The molecule has 3 aliphatic rings. The van der Waals surface area contributed by atoms with E-state index in [0.717, 1.165) is 45.3 Å². The van der Waals surface area contributed by atoms with Crippen molar-refractivity contribution in [3.05, 3.63) is 0 Å². The molecular weight excluding hydrogens is 264 g/mol. The van der Waals surface area contributed by atoms with E-state index >= 15 is 0 Å². The van der Waals surface area contributed by atoms with Crippen molar-refractivity contribution in [2.75, 3.05) is 33.7 Å². The first-order valence-corrected chi connectivity index (χ1v) is 8.64. The van der Waals surface area contributed by atoms with Gasteiger partial charge >= 0.3 is 0 Å². The quantitative estimate of drug-likeness (QED) is 0.862. The molecule has 2 saturated carbocycles. The van der Waals surface area contributed by atoms with Gasteiger partial charge in [0.05, 0.1) is 11.5 Å². The van der Waals surface area contributed by atoms with Gasteiger partial charge in [-0.05, 0) is 45.7 Å². The number of hydrogen-bond donors (Lipinski definition) is 1. The maximum atomic E-state index is 13.2. The van der Waals surface area contributed by atoms with Crippen molar-refractivity contribution in [2.45, 2.75) is 51.0 Å². The maximum absolute atomic E-state index is 13.2. The van der Waals surface area contributed by atoms with Gasteiger partial charge in [0.1, 0.15) is 0 Å². The Balaban J connectivity index is 1.72. The number of rotatable bonds is 3. The van der Waals surface area contributed by atoms with Crippen molar-refractivity contribution in [1.29, 1.82) is 0 Å². The molecule has 0 aromatic carbocycles. The van der Waals surface area contributed by atoms with Crippen molar-refractivity contribution in [3.8, 4) is 0 Å². The van der Waals surface area contributed by atoms with E-state index in [1.165, 1.54) is 19.3 Å². The van der Waals surface area contributed by atoms with E-state index in [1.807, 2.05) is 0 Å². The van der Waals surface area contributed by atoms with E-state index in [0.29, 0.717) is 17.7 Å². The molecule has 0 unspecified atom stereocenters. The highest BCUT2D eigenvalue weighted by molar-refractivity contribution is 5.83. The minimum Gasteiger partial charge on any atom is -0.393 e. The second-order valence-electron chi connectivity index (χ2n) is 7.86. The van der Waals surface area contributed by atoms with E-state index in [2.05, 4.69) is 23.9 Å². The lowest BCUT2D eigenvalue weighted by Crippen LogP contribution is -2.49. The molecule has 1 aliphatic heterocycles. The summed E-state index contributed by atoms with van der Waals surface area (Å²) in [6, 6.07) is 0. The summed E-state index contributed by atoms with van der Waals surface area (Å²) in [5, 5.41) is 10.1. The number of carbonyl (C=O) groups is 1. The van der Waals surface area contributed by atoms with E-state index in [1.54, 1.807) is 0 Å². The van der Waals surface area contributed by atoms with Gasteiger partial charge < -0.3 is 14.9 Å². The first-order chi connectivity index (χ1) is 10.0. The third-order valence-electron chi connectivity index (χ3n) is 5.99. The average molecular weight is 294 g/mol. The fraction of sp³-hybridized carbons (Fsp3) is 0.941. The van der Waals surface area contributed by atoms with E-state index in [-0.39, 0.29) is 11.5 Å². The van der Waals surface area contributed by atoms with Gasteiger partial charge in [-0.25, -0.2) is 0 Å². The number of nitrogens with zero attached hydrogens (tertiary/aromatic N) is 2. The monoisotopic (exact) mass is 294 g/mol. The fourth-order valence-corrected chi connectivity index (χ4v) is 5.01. The molecule has 1 saturated heterocycles. The summed E-state index contributed by atoms with van der Waals surface area (Å²) in [5.41, 5.74) is -0.161. The molecule has 1 N–H and O–H groups in total. The molecule has 0 radical (unpaired) electrons. The van der Waals surface area contributed by atoms with Crippen LogP contribution in [-0.4, -0.2) is 60.6 Å². The molecule has 1 heterocycles. The summed E-state index contributed by atoms with van der Waals surface area (Å²) in [5.74, 6) is 1.26. The van der Waals surface area contributed by atoms with Crippen LogP contribution in [0.3, 0.4) is 0 Å². The number of fused-ring (bicyclic) bond motifs is 1. The van der Waals surface area contributed by atoms with E-state index in [4.69, 9.17) is 0 Å². The Morgan fingerprint density at radius 2 is 1.90 bits per heavy atom. The second kappa shape index (κ2) is 5.88. The zero-order valence-electron chi connectivity index (χ0n) is 13.6. The van der Waals surface area contributed by atoms with Crippen LogP contribution in [0.15, 0.2) is 0 Å². The van der Waals surface area contributed by atoms with Crippen LogP contribution in [0.2, 0.25) is 0 Å². The molecule has 21 heavy (non-hydrogen) atoms. The van der Waals surface area contributed by atoms with Crippen molar-refractivity contribution in [1.82, 2.24) is 9.80 Å². The Morgan fingerprint density at radius 3 is 2.52 bits per heavy atom. The molecule has 2 aliphatic carbocycles. The molecule has 0 aromatic heterocycles. The first-order valence-electron chi connectivity index (χ1n) is 8.64. The number of amides is 1. The minimum atomic E-state index is -0.177. The summed E-state index contributed by atoms with van der Waals surface area (Å²) < 4.78 is 0. The Kier molecular flexibility index (Phi) is 4.28. The van der Waals surface area contributed by atoms with E-state index in [9.17, 15) is 9.90 Å². The van der Waals surface area contributed by atoms with Crippen LogP contribution in [0.5, 0.6) is 0 Å². The minimum absolute atomic E-state index is 0.161. The standard InChI is InChI=1S/C17H30N2O2/c1-18(2)12-17(8-4-3-5-9-17)16(21)19-10-13-6-7-15(20)14(13)11-19/h13-15,20H,3-12H2,1-2H3/t13-,14+,15-/m0/s1. The van der Waals surface area contributed by atoms with Gasteiger partial charge in [-0.3, -0.25) is 4.79 Å². The molecule has 4 heteroatoms. The molecule has 0 spiro atoms. The third-order valence-corrected chi connectivity index (χ3v) is 5.99. The van der Waals surface area contributed by atoms with Gasteiger partial charge in [0.2, 0.25) is 5.91 Å². The largest absolute Gasteiger partial charge is 0.393 e. The summed E-state index contributed by atoms with van der Waals surface area (Å²) in [7, 11) is 4.15. The van der Waals surface area contributed by atoms with Gasteiger partial charge in [0.15, 0.2) is 0 Å². The SMILES string of the molecule is CN(C)CC1(C(=O)N2C[C@@H]3CC[C@H](O)[C@@H]3C2)CCCCC1. The first kappa shape index (κ1) is 15.3. The van der Waals surface area contributed by atoms with Crippen LogP contribution < -0.4 is 0 Å². The lowest BCUT2D eigenvalue weighted by atomic mass is 9.72. The Labute approximate surface area is 128 Å². The Hall–Kier alpha value is -0.610. The highest BCUT2D eigenvalue weighted by Gasteiger charge is 2.48. The van der Waals surface area contributed by atoms with Gasteiger partial charge in [-0.2, -0.15) is 0 Å². The summed E-state index contributed by atoms with van der Waals surface area (Å²) in [6.45, 7) is 2.55. The van der Waals surface area contributed by atoms with Crippen LogP contribution in [0, 0.1) is 17.3 Å². The van der Waals surface area contributed by atoms with Crippen LogP contribution >= 0.6 is 0 Å². The topological polar surface area (TPSA) is 43.8 Å². The van der Waals surface area contributed by atoms with Crippen LogP contribution in [-0.2, 0) is 4.79 Å². The Morgan fingerprint density at radius 1 is 1.19 bits per heavy atom. The summed E-state index contributed by atoms with van der Waals surface area (Å²) in [4.78, 5) is 17.5. The predicted molar refractivity (Wildman–Crippen MR) is 82.9 cm³/mol. The molecule has 3 atom stereocenters. The highest BCUT2D eigenvalue weighted by atomic mass is 16.3. The third kappa shape index (κ3) is 2.85. The molecule has 3 rings (SSSR count). The number of aliphatic hydroxyl groups excluding tert-OH is 1. The number of aliphatic hydroxyl groups is 1. The number of carbonyl (C=O) groups excluding carboxylic acids is 1. The van der Waals surface area contributed by atoms with Gasteiger partial charge in [0.25, 0.3) is 0 Å². The molecule has 3 fully saturated rings.